The normalized spacial score (nSPS) is 11.1. The second-order valence-electron chi connectivity index (χ2n) is 6.29. The van der Waals surface area contributed by atoms with Gasteiger partial charge in [-0.3, -0.25) is 4.79 Å². The van der Waals surface area contributed by atoms with Crippen LogP contribution in [-0.4, -0.2) is 24.0 Å². The SMILES string of the molecule is CNc1ccc(C(=O)/C=C/c2c(O)c(C)cc(C)c2OC(C)C)cc1. The first-order valence-corrected chi connectivity index (χ1v) is 8.33. The number of rotatable bonds is 6. The Labute approximate surface area is 149 Å². The van der Waals surface area contributed by atoms with Gasteiger partial charge in [0.05, 0.1) is 11.7 Å². The molecule has 0 saturated carbocycles. The second-order valence-corrected chi connectivity index (χ2v) is 6.29. The van der Waals surface area contributed by atoms with Gasteiger partial charge in [0.2, 0.25) is 0 Å². The summed E-state index contributed by atoms with van der Waals surface area (Å²) >= 11 is 0. The van der Waals surface area contributed by atoms with Crippen LogP contribution < -0.4 is 10.1 Å². The van der Waals surface area contributed by atoms with Gasteiger partial charge >= 0.3 is 0 Å². The summed E-state index contributed by atoms with van der Waals surface area (Å²) in [6, 6.07) is 9.12. The number of hydrogen-bond acceptors (Lipinski definition) is 4. The summed E-state index contributed by atoms with van der Waals surface area (Å²) < 4.78 is 5.85. The van der Waals surface area contributed by atoms with Gasteiger partial charge in [0, 0.05) is 18.3 Å². The molecule has 0 heterocycles. The lowest BCUT2D eigenvalue weighted by Gasteiger charge is -2.17. The van der Waals surface area contributed by atoms with E-state index in [0.29, 0.717) is 16.9 Å². The van der Waals surface area contributed by atoms with Gasteiger partial charge in [0.1, 0.15) is 11.5 Å². The van der Waals surface area contributed by atoms with E-state index in [2.05, 4.69) is 5.32 Å². The van der Waals surface area contributed by atoms with E-state index in [1.54, 1.807) is 18.2 Å². The first kappa shape index (κ1) is 18.6. The largest absolute Gasteiger partial charge is 0.507 e. The average molecular weight is 339 g/mol. The van der Waals surface area contributed by atoms with Crippen molar-refractivity contribution in [2.24, 2.45) is 0 Å². The molecular weight excluding hydrogens is 314 g/mol. The molecule has 0 aliphatic heterocycles. The summed E-state index contributed by atoms with van der Waals surface area (Å²) in [4.78, 5) is 12.4. The predicted molar refractivity (Wildman–Crippen MR) is 103 cm³/mol. The van der Waals surface area contributed by atoms with E-state index >= 15 is 0 Å². The molecule has 0 saturated heterocycles. The molecule has 4 nitrogen and oxygen atoms in total. The van der Waals surface area contributed by atoms with E-state index in [1.807, 2.05) is 52.9 Å². The highest BCUT2D eigenvalue weighted by Crippen LogP contribution is 2.36. The Morgan fingerprint density at radius 3 is 2.36 bits per heavy atom. The number of phenols is 1. The van der Waals surface area contributed by atoms with Crippen LogP contribution >= 0.6 is 0 Å². The van der Waals surface area contributed by atoms with Crippen molar-refractivity contribution in [2.75, 3.05) is 12.4 Å². The van der Waals surface area contributed by atoms with E-state index in [0.717, 1.165) is 16.8 Å². The molecule has 0 unspecified atom stereocenters. The number of ketones is 1. The van der Waals surface area contributed by atoms with Gasteiger partial charge in [-0.2, -0.15) is 0 Å². The van der Waals surface area contributed by atoms with Crippen LogP contribution in [0.1, 0.15) is 40.9 Å². The fourth-order valence-electron chi connectivity index (χ4n) is 2.59. The fourth-order valence-corrected chi connectivity index (χ4v) is 2.59. The Kier molecular flexibility index (Phi) is 5.86. The smallest absolute Gasteiger partial charge is 0.185 e. The lowest BCUT2D eigenvalue weighted by Crippen LogP contribution is -2.08. The number of aryl methyl sites for hydroxylation is 2. The Morgan fingerprint density at radius 1 is 1.16 bits per heavy atom. The van der Waals surface area contributed by atoms with Crippen molar-refractivity contribution >= 4 is 17.5 Å². The van der Waals surface area contributed by atoms with Gasteiger partial charge in [-0.1, -0.05) is 0 Å². The molecular formula is C21H25NO3. The molecule has 2 aromatic rings. The number of phenolic OH excluding ortho intramolecular Hbond substituents is 1. The van der Waals surface area contributed by atoms with E-state index in [4.69, 9.17) is 4.74 Å². The van der Waals surface area contributed by atoms with Crippen molar-refractivity contribution in [2.45, 2.75) is 33.8 Å². The summed E-state index contributed by atoms with van der Waals surface area (Å²) in [6.07, 6.45) is 3.06. The van der Waals surface area contributed by atoms with Crippen LogP contribution in [0.15, 0.2) is 36.4 Å². The van der Waals surface area contributed by atoms with Crippen LogP contribution in [0.5, 0.6) is 11.5 Å². The van der Waals surface area contributed by atoms with Crippen LogP contribution in [0.25, 0.3) is 6.08 Å². The molecule has 2 rings (SSSR count). The third kappa shape index (κ3) is 4.41. The molecule has 0 spiro atoms. The lowest BCUT2D eigenvalue weighted by atomic mass is 10.0. The second kappa shape index (κ2) is 7.88. The monoisotopic (exact) mass is 339 g/mol. The van der Waals surface area contributed by atoms with E-state index in [-0.39, 0.29) is 17.6 Å². The number of allylic oxidation sites excluding steroid dienone is 1. The molecule has 0 aromatic heterocycles. The number of aromatic hydroxyl groups is 1. The quantitative estimate of drug-likeness (QED) is 0.590. The Balaban J connectivity index is 2.37. The van der Waals surface area contributed by atoms with Gasteiger partial charge < -0.3 is 15.2 Å². The number of carbonyl (C=O) groups excluding carboxylic acids is 1. The maximum absolute atomic E-state index is 12.4. The third-order valence-electron chi connectivity index (χ3n) is 3.88. The summed E-state index contributed by atoms with van der Waals surface area (Å²) in [5.74, 6) is 0.611. The maximum Gasteiger partial charge on any atom is 0.185 e. The zero-order valence-electron chi connectivity index (χ0n) is 15.4. The van der Waals surface area contributed by atoms with E-state index < -0.39 is 0 Å². The zero-order valence-corrected chi connectivity index (χ0v) is 15.4. The lowest BCUT2D eigenvalue weighted by molar-refractivity contribution is 0.104. The van der Waals surface area contributed by atoms with Crippen molar-refractivity contribution in [1.29, 1.82) is 0 Å². The summed E-state index contributed by atoms with van der Waals surface area (Å²) in [7, 11) is 1.83. The van der Waals surface area contributed by atoms with E-state index in [9.17, 15) is 9.90 Å². The van der Waals surface area contributed by atoms with Gasteiger partial charge in [-0.25, -0.2) is 0 Å². The van der Waals surface area contributed by atoms with Crippen LogP contribution in [0.2, 0.25) is 0 Å². The van der Waals surface area contributed by atoms with Crippen molar-refractivity contribution in [3.8, 4) is 11.5 Å². The van der Waals surface area contributed by atoms with Gasteiger partial charge in [-0.15, -0.1) is 0 Å². The number of nitrogens with one attached hydrogen (secondary N) is 1. The number of carbonyl (C=O) groups is 1. The number of hydrogen-bond donors (Lipinski definition) is 2. The van der Waals surface area contributed by atoms with E-state index in [1.165, 1.54) is 6.08 Å². The number of ether oxygens (including phenoxy) is 1. The Morgan fingerprint density at radius 2 is 1.80 bits per heavy atom. The molecule has 132 valence electrons. The molecule has 4 heteroatoms. The molecule has 0 fully saturated rings. The minimum Gasteiger partial charge on any atom is -0.507 e. The van der Waals surface area contributed by atoms with Crippen molar-refractivity contribution in [1.82, 2.24) is 0 Å². The highest BCUT2D eigenvalue weighted by molar-refractivity contribution is 6.07. The average Bonchev–Trinajstić information content (AvgIpc) is 2.58. The molecule has 0 bridgehead atoms. The maximum atomic E-state index is 12.4. The minimum absolute atomic E-state index is 0.0299. The van der Waals surface area contributed by atoms with Crippen LogP contribution in [-0.2, 0) is 0 Å². The minimum atomic E-state index is -0.128. The molecule has 0 amide bonds. The topological polar surface area (TPSA) is 58.6 Å². The highest BCUT2D eigenvalue weighted by Gasteiger charge is 2.15. The highest BCUT2D eigenvalue weighted by atomic mass is 16.5. The van der Waals surface area contributed by atoms with Crippen LogP contribution in [0.4, 0.5) is 5.69 Å². The molecule has 0 atom stereocenters. The Bertz CT molecular complexity index is 790. The number of anilines is 1. The van der Waals surface area contributed by atoms with Crippen molar-refractivity contribution < 1.29 is 14.6 Å². The first-order valence-electron chi connectivity index (χ1n) is 8.33. The fraction of sp³-hybridized carbons (Fsp3) is 0.286. The molecule has 0 radical (unpaired) electrons. The summed E-state index contributed by atoms with van der Waals surface area (Å²) in [5.41, 5.74) is 3.74. The molecule has 25 heavy (non-hydrogen) atoms. The van der Waals surface area contributed by atoms with Gasteiger partial charge in [-0.05, 0) is 81.3 Å². The van der Waals surface area contributed by atoms with Crippen LogP contribution in [0, 0.1) is 13.8 Å². The molecule has 2 N–H and O–H groups in total. The van der Waals surface area contributed by atoms with Gasteiger partial charge in [0.15, 0.2) is 5.78 Å². The van der Waals surface area contributed by atoms with Crippen molar-refractivity contribution in [3.63, 3.8) is 0 Å². The standard InChI is InChI=1S/C21H25NO3/c1-13(2)25-21-15(4)12-14(3)20(24)18(21)10-11-19(23)16-6-8-17(22-5)9-7-16/h6-13,22,24H,1-5H3/b11-10+. The van der Waals surface area contributed by atoms with Crippen molar-refractivity contribution in [3.05, 3.63) is 58.7 Å². The molecule has 2 aromatic carbocycles. The molecule has 0 aliphatic carbocycles. The summed E-state index contributed by atoms with van der Waals surface area (Å²) in [6.45, 7) is 7.62. The number of benzene rings is 2. The van der Waals surface area contributed by atoms with Gasteiger partial charge in [0.25, 0.3) is 0 Å². The van der Waals surface area contributed by atoms with Crippen LogP contribution in [0.3, 0.4) is 0 Å². The first-order chi connectivity index (χ1) is 11.8. The Hall–Kier alpha value is -2.75. The molecule has 0 aliphatic rings. The zero-order chi connectivity index (χ0) is 18.6. The summed E-state index contributed by atoms with van der Waals surface area (Å²) in [5, 5.41) is 13.4. The third-order valence-corrected chi connectivity index (χ3v) is 3.88. The predicted octanol–water partition coefficient (Wildman–Crippen LogP) is 4.73.